The predicted octanol–water partition coefficient (Wildman–Crippen LogP) is 3.50. The molecule has 7 nitrogen and oxygen atoms in total. The van der Waals surface area contributed by atoms with Gasteiger partial charge >= 0.3 is 6.09 Å². The molecule has 0 radical (unpaired) electrons. The summed E-state index contributed by atoms with van der Waals surface area (Å²) in [6.07, 6.45) is 1.23. The molecule has 1 aliphatic heterocycles. The molecule has 1 aromatic heterocycles. The number of ether oxygens (including phenoxy) is 1. The summed E-state index contributed by atoms with van der Waals surface area (Å²) in [7, 11) is 0. The van der Waals surface area contributed by atoms with E-state index in [-0.39, 0.29) is 24.1 Å². The van der Waals surface area contributed by atoms with E-state index in [2.05, 4.69) is 21.4 Å². The SMILES string of the molecule is CC(C)C1COC(=O)N1c1ccnc(N[C@@H](C)c2cccc(C#N)c2)n1. The average Bonchev–Trinajstić information content (AvgIpc) is 3.04. The number of carbonyl (C=O) groups is 1. The quantitative estimate of drug-likeness (QED) is 0.886. The molecule has 2 heterocycles. The van der Waals surface area contributed by atoms with Crippen molar-refractivity contribution in [2.24, 2.45) is 5.92 Å². The molecule has 1 unspecified atom stereocenters. The van der Waals surface area contributed by atoms with Crippen molar-refractivity contribution in [1.82, 2.24) is 9.97 Å². The minimum Gasteiger partial charge on any atom is -0.447 e. The van der Waals surface area contributed by atoms with Gasteiger partial charge in [-0.3, -0.25) is 4.90 Å². The zero-order chi connectivity index (χ0) is 18.7. The van der Waals surface area contributed by atoms with Gasteiger partial charge in [0.05, 0.1) is 23.7 Å². The highest BCUT2D eigenvalue weighted by molar-refractivity contribution is 5.89. The third-order valence-corrected chi connectivity index (χ3v) is 4.42. The van der Waals surface area contributed by atoms with Crippen molar-refractivity contribution in [2.45, 2.75) is 32.9 Å². The van der Waals surface area contributed by atoms with Crippen LogP contribution in [0.15, 0.2) is 36.5 Å². The second kappa shape index (κ2) is 7.40. The second-order valence-electron chi connectivity index (χ2n) is 6.60. The summed E-state index contributed by atoms with van der Waals surface area (Å²) in [5, 5.41) is 12.3. The van der Waals surface area contributed by atoms with Crippen molar-refractivity contribution in [3.8, 4) is 6.07 Å². The van der Waals surface area contributed by atoms with Crippen LogP contribution in [-0.4, -0.2) is 28.7 Å². The molecule has 7 heteroatoms. The number of aromatic nitrogens is 2. The summed E-state index contributed by atoms with van der Waals surface area (Å²) in [5.74, 6) is 1.18. The number of hydrogen-bond donors (Lipinski definition) is 1. The Morgan fingerprint density at radius 3 is 2.88 bits per heavy atom. The summed E-state index contributed by atoms with van der Waals surface area (Å²) in [6.45, 7) is 6.42. The molecule has 1 N–H and O–H groups in total. The molecule has 1 saturated heterocycles. The summed E-state index contributed by atoms with van der Waals surface area (Å²) in [6, 6.07) is 11.1. The van der Waals surface area contributed by atoms with Crippen LogP contribution >= 0.6 is 0 Å². The molecule has 1 aliphatic rings. The lowest BCUT2D eigenvalue weighted by atomic mass is 10.0. The van der Waals surface area contributed by atoms with Gasteiger partial charge in [-0.05, 0) is 36.6 Å². The van der Waals surface area contributed by atoms with E-state index in [1.54, 1.807) is 23.2 Å². The fourth-order valence-electron chi connectivity index (χ4n) is 2.90. The highest BCUT2D eigenvalue weighted by Gasteiger charge is 2.37. The maximum Gasteiger partial charge on any atom is 0.415 e. The zero-order valence-electron chi connectivity index (χ0n) is 15.0. The van der Waals surface area contributed by atoms with Crippen LogP contribution in [0.1, 0.15) is 37.9 Å². The van der Waals surface area contributed by atoms with Gasteiger partial charge in [0.25, 0.3) is 0 Å². The highest BCUT2D eigenvalue weighted by Crippen LogP contribution is 2.26. The van der Waals surface area contributed by atoms with Crippen molar-refractivity contribution in [3.05, 3.63) is 47.7 Å². The minimum atomic E-state index is -0.386. The predicted molar refractivity (Wildman–Crippen MR) is 97.7 cm³/mol. The van der Waals surface area contributed by atoms with E-state index in [1.807, 2.05) is 39.0 Å². The van der Waals surface area contributed by atoms with Crippen LogP contribution < -0.4 is 10.2 Å². The first-order valence-corrected chi connectivity index (χ1v) is 8.55. The zero-order valence-corrected chi connectivity index (χ0v) is 15.0. The normalized spacial score (nSPS) is 17.7. The number of rotatable bonds is 5. The number of hydrogen-bond acceptors (Lipinski definition) is 6. The van der Waals surface area contributed by atoms with Crippen molar-refractivity contribution in [3.63, 3.8) is 0 Å². The number of cyclic esters (lactones) is 1. The molecule has 0 spiro atoms. The number of amides is 1. The lowest BCUT2D eigenvalue weighted by Gasteiger charge is -2.23. The Balaban J connectivity index is 1.81. The van der Waals surface area contributed by atoms with Crippen LogP contribution in [0.4, 0.5) is 16.6 Å². The smallest absolute Gasteiger partial charge is 0.415 e. The molecular formula is C19H21N5O2. The lowest BCUT2D eigenvalue weighted by molar-refractivity contribution is 0.177. The molecule has 1 amide bonds. The molecule has 0 bridgehead atoms. The van der Waals surface area contributed by atoms with Gasteiger partial charge in [-0.1, -0.05) is 26.0 Å². The van der Waals surface area contributed by atoms with E-state index in [0.717, 1.165) is 5.56 Å². The Morgan fingerprint density at radius 2 is 2.15 bits per heavy atom. The van der Waals surface area contributed by atoms with Crippen LogP contribution in [0, 0.1) is 17.2 Å². The third kappa shape index (κ3) is 3.59. The number of benzene rings is 1. The summed E-state index contributed by atoms with van der Waals surface area (Å²) >= 11 is 0. The standard InChI is InChI=1S/C19H21N5O2/c1-12(2)16-11-26-19(25)24(16)17-7-8-21-18(23-17)22-13(3)15-6-4-5-14(9-15)10-20/h4-9,12-13,16H,11H2,1-3H3,(H,21,22,23)/t13-,16?/m0/s1. The first-order valence-electron chi connectivity index (χ1n) is 8.55. The maximum absolute atomic E-state index is 12.1. The van der Waals surface area contributed by atoms with E-state index in [0.29, 0.717) is 23.9 Å². The first kappa shape index (κ1) is 17.7. The van der Waals surface area contributed by atoms with E-state index < -0.39 is 0 Å². The Hall–Kier alpha value is -3.14. The van der Waals surface area contributed by atoms with E-state index in [4.69, 9.17) is 10.00 Å². The van der Waals surface area contributed by atoms with Crippen molar-refractivity contribution in [1.29, 1.82) is 5.26 Å². The Bertz CT molecular complexity index is 846. The van der Waals surface area contributed by atoms with E-state index >= 15 is 0 Å². The summed E-state index contributed by atoms with van der Waals surface area (Å²) < 4.78 is 5.19. The maximum atomic E-state index is 12.1. The van der Waals surface area contributed by atoms with Crippen LogP contribution in [0.5, 0.6) is 0 Å². The van der Waals surface area contributed by atoms with Crippen LogP contribution in [0.2, 0.25) is 0 Å². The van der Waals surface area contributed by atoms with Gasteiger partial charge in [0.2, 0.25) is 5.95 Å². The fourth-order valence-corrected chi connectivity index (χ4v) is 2.90. The van der Waals surface area contributed by atoms with Gasteiger partial charge in [-0.15, -0.1) is 0 Å². The second-order valence-corrected chi connectivity index (χ2v) is 6.60. The van der Waals surface area contributed by atoms with Crippen LogP contribution in [0.25, 0.3) is 0 Å². The number of carbonyl (C=O) groups excluding carboxylic acids is 1. The van der Waals surface area contributed by atoms with Gasteiger partial charge in [-0.25, -0.2) is 9.78 Å². The van der Waals surface area contributed by atoms with Crippen LogP contribution in [0.3, 0.4) is 0 Å². The monoisotopic (exact) mass is 351 g/mol. The first-order chi connectivity index (χ1) is 12.5. The Morgan fingerprint density at radius 1 is 1.35 bits per heavy atom. The average molecular weight is 351 g/mol. The molecular weight excluding hydrogens is 330 g/mol. The molecule has 1 aromatic carbocycles. The largest absolute Gasteiger partial charge is 0.447 e. The lowest BCUT2D eigenvalue weighted by Crippen LogP contribution is -2.37. The third-order valence-electron chi connectivity index (χ3n) is 4.42. The Kier molecular flexibility index (Phi) is 5.03. The molecule has 3 rings (SSSR count). The molecule has 134 valence electrons. The van der Waals surface area contributed by atoms with Crippen molar-refractivity contribution in [2.75, 3.05) is 16.8 Å². The van der Waals surface area contributed by atoms with E-state index in [9.17, 15) is 4.79 Å². The van der Waals surface area contributed by atoms with Crippen molar-refractivity contribution < 1.29 is 9.53 Å². The van der Waals surface area contributed by atoms with Gasteiger partial charge in [0.15, 0.2) is 0 Å². The number of anilines is 2. The molecule has 1 fully saturated rings. The highest BCUT2D eigenvalue weighted by atomic mass is 16.6. The van der Waals surface area contributed by atoms with Gasteiger partial charge in [0.1, 0.15) is 12.4 Å². The molecule has 26 heavy (non-hydrogen) atoms. The molecule has 2 atom stereocenters. The summed E-state index contributed by atoms with van der Waals surface area (Å²) in [4.78, 5) is 22.4. The number of nitrogens with one attached hydrogen (secondary N) is 1. The molecule has 2 aromatic rings. The number of nitrogens with zero attached hydrogens (tertiary/aromatic N) is 4. The van der Waals surface area contributed by atoms with Crippen molar-refractivity contribution >= 4 is 17.9 Å². The van der Waals surface area contributed by atoms with Crippen LogP contribution in [-0.2, 0) is 4.74 Å². The minimum absolute atomic E-state index is 0.0463. The van der Waals surface area contributed by atoms with E-state index in [1.165, 1.54) is 0 Å². The van der Waals surface area contributed by atoms with Gasteiger partial charge in [-0.2, -0.15) is 10.2 Å². The Labute approximate surface area is 152 Å². The van der Waals surface area contributed by atoms with Gasteiger partial charge < -0.3 is 10.1 Å². The topological polar surface area (TPSA) is 91.1 Å². The fraction of sp³-hybridized carbons (Fsp3) is 0.368. The molecule has 0 aliphatic carbocycles. The van der Waals surface area contributed by atoms with Gasteiger partial charge in [0, 0.05) is 6.20 Å². The molecule has 0 saturated carbocycles. The number of nitriles is 1. The summed E-state index contributed by atoms with van der Waals surface area (Å²) in [5.41, 5.74) is 1.56.